The van der Waals surface area contributed by atoms with Crippen molar-refractivity contribution in [2.24, 2.45) is 5.92 Å². The molecular weight excluding hydrogens is 198 g/mol. The molecular formula is C13H27N3. The van der Waals surface area contributed by atoms with E-state index in [1.807, 2.05) is 0 Å². The van der Waals surface area contributed by atoms with Crippen LogP contribution in [0.3, 0.4) is 0 Å². The van der Waals surface area contributed by atoms with Gasteiger partial charge in [0, 0.05) is 19.6 Å². The first-order valence-electron chi connectivity index (χ1n) is 7.04. The van der Waals surface area contributed by atoms with E-state index in [0.717, 1.165) is 12.5 Å². The van der Waals surface area contributed by atoms with Gasteiger partial charge in [0.05, 0.1) is 0 Å². The molecule has 2 fully saturated rings. The van der Waals surface area contributed by atoms with Gasteiger partial charge in [0.2, 0.25) is 0 Å². The quantitative estimate of drug-likeness (QED) is 0.728. The van der Waals surface area contributed by atoms with Crippen molar-refractivity contribution < 1.29 is 0 Å². The SMILES string of the molecule is CCNCC1CCN(CCN2CCCC2)C1. The minimum atomic E-state index is 0.901. The lowest BCUT2D eigenvalue weighted by molar-refractivity contribution is 0.251. The molecule has 16 heavy (non-hydrogen) atoms. The Morgan fingerprint density at radius 2 is 1.81 bits per heavy atom. The number of nitrogens with zero attached hydrogens (tertiary/aromatic N) is 2. The molecule has 0 bridgehead atoms. The van der Waals surface area contributed by atoms with Crippen molar-refractivity contribution in [1.82, 2.24) is 15.1 Å². The van der Waals surface area contributed by atoms with Gasteiger partial charge in [0.15, 0.2) is 0 Å². The largest absolute Gasteiger partial charge is 0.317 e. The maximum Gasteiger partial charge on any atom is 0.0109 e. The molecule has 1 atom stereocenters. The number of likely N-dealkylation sites (tertiary alicyclic amines) is 2. The van der Waals surface area contributed by atoms with Gasteiger partial charge in [-0.2, -0.15) is 0 Å². The fourth-order valence-electron chi connectivity index (χ4n) is 2.92. The summed E-state index contributed by atoms with van der Waals surface area (Å²) in [6.45, 7) is 12.5. The molecule has 2 aliphatic rings. The first-order valence-corrected chi connectivity index (χ1v) is 7.04. The molecule has 0 aromatic carbocycles. The minimum absolute atomic E-state index is 0.901. The van der Waals surface area contributed by atoms with Crippen molar-refractivity contribution in [3.8, 4) is 0 Å². The smallest absolute Gasteiger partial charge is 0.0109 e. The van der Waals surface area contributed by atoms with Crippen molar-refractivity contribution >= 4 is 0 Å². The van der Waals surface area contributed by atoms with E-state index in [2.05, 4.69) is 22.0 Å². The Bertz CT molecular complexity index is 190. The van der Waals surface area contributed by atoms with Crippen LogP contribution in [-0.2, 0) is 0 Å². The zero-order valence-corrected chi connectivity index (χ0v) is 10.7. The topological polar surface area (TPSA) is 18.5 Å². The summed E-state index contributed by atoms with van der Waals surface area (Å²) in [4.78, 5) is 5.28. The number of hydrogen-bond donors (Lipinski definition) is 1. The molecule has 2 saturated heterocycles. The molecule has 0 aromatic heterocycles. The standard InChI is InChI=1S/C13H27N3/c1-2-14-11-13-5-8-16(12-13)10-9-15-6-3-4-7-15/h13-14H,2-12H2,1H3. The molecule has 0 aromatic rings. The molecule has 0 amide bonds. The molecule has 0 saturated carbocycles. The average molecular weight is 225 g/mol. The fraction of sp³-hybridized carbons (Fsp3) is 1.00. The van der Waals surface area contributed by atoms with Gasteiger partial charge >= 0.3 is 0 Å². The Balaban J connectivity index is 1.57. The first-order chi connectivity index (χ1) is 7.88. The van der Waals surface area contributed by atoms with Crippen LogP contribution < -0.4 is 5.32 Å². The number of hydrogen-bond acceptors (Lipinski definition) is 3. The second kappa shape index (κ2) is 6.58. The van der Waals surface area contributed by atoms with E-state index < -0.39 is 0 Å². The van der Waals surface area contributed by atoms with E-state index in [9.17, 15) is 0 Å². The van der Waals surface area contributed by atoms with Crippen LogP contribution in [0, 0.1) is 5.92 Å². The molecule has 3 nitrogen and oxygen atoms in total. The van der Waals surface area contributed by atoms with Crippen molar-refractivity contribution in [2.45, 2.75) is 26.2 Å². The number of rotatable bonds is 6. The molecule has 1 N–H and O–H groups in total. The summed E-state index contributed by atoms with van der Waals surface area (Å²) >= 11 is 0. The molecule has 0 spiro atoms. The lowest BCUT2D eigenvalue weighted by atomic mass is 10.1. The van der Waals surface area contributed by atoms with Gasteiger partial charge < -0.3 is 15.1 Å². The van der Waals surface area contributed by atoms with Crippen LogP contribution in [0.4, 0.5) is 0 Å². The summed E-state index contributed by atoms with van der Waals surface area (Å²) in [6, 6.07) is 0. The van der Waals surface area contributed by atoms with Crippen LogP contribution >= 0.6 is 0 Å². The average Bonchev–Trinajstić information content (AvgIpc) is 2.95. The van der Waals surface area contributed by atoms with Crippen molar-refractivity contribution in [2.75, 3.05) is 52.4 Å². The molecule has 0 radical (unpaired) electrons. The summed E-state index contributed by atoms with van der Waals surface area (Å²) in [6.07, 6.45) is 4.24. The van der Waals surface area contributed by atoms with Crippen molar-refractivity contribution in [1.29, 1.82) is 0 Å². The third-order valence-corrected chi connectivity index (χ3v) is 3.98. The highest BCUT2D eigenvalue weighted by molar-refractivity contribution is 4.78. The van der Waals surface area contributed by atoms with Crippen LogP contribution in [0.5, 0.6) is 0 Å². The molecule has 2 heterocycles. The second-order valence-electron chi connectivity index (χ2n) is 5.31. The normalized spacial score (nSPS) is 27.9. The van der Waals surface area contributed by atoms with Gasteiger partial charge in [0.1, 0.15) is 0 Å². The Labute approximate surface area is 100 Å². The van der Waals surface area contributed by atoms with Crippen molar-refractivity contribution in [3.05, 3.63) is 0 Å². The van der Waals surface area contributed by atoms with E-state index in [1.54, 1.807) is 0 Å². The Hall–Kier alpha value is -0.120. The van der Waals surface area contributed by atoms with E-state index in [-0.39, 0.29) is 0 Å². The van der Waals surface area contributed by atoms with Gasteiger partial charge in [0.25, 0.3) is 0 Å². The van der Waals surface area contributed by atoms with Crippen LogP contribution in [0.1, 0.15) is 26.2 Å². The van der Waals surface area contributed by atoms with E-state index in [4.69, 9.17) is 0 Å². The summed E-state index contributed by atoms with van der Waals surface area (Å²) < 4.78 is 0. The fourth-order valence-corrected chi connectivity index (χ4v) is 2.92. The summed E-state index contributed by atoms with van der Waals surface area (Å²) in [7, 11) is 0. The van der Waals surface area contributed by atoms with Gasteiger partial charge in [-0.15, -0.1) is 0 Å². The minimum Gasteiger partial charge on any atom is -0.317 e. The number of nitrogens with one attached hydrogen (secondary N) is 1. The van der Waals surface area contributed by atoms with E-state index in [1.165, 1.54) is 65.1 Å². The van der Waals surface area contributed by atoms with Gasteiger partial charge in [-0.25, -0.2) is 0 Å². The lowest BCUT2D eigenvalue weighted by Gasteiger charge is -2.20. The summed E-state index contributed by atoms with van der Waals surface area (Å²) in [5.74, 6) is 0.901. The Morgan fingerprint density at radius 1 is 1.06 bits per heavy atom. The third-order valence-electron chi connectivity index (χ3n) is 3.98. The second-order valence-corrected chi connectivity index (χ2v) is 5.31. The first kappa shape index (κ1) is 12.3. The predicted octanol–water partition coefficient (Wildman–Crippen LogP) is 1.01. The van der Waals surface area contributed by atoms with Crippen LogP contribution in [-0.4, -0.2) is 62.2 Å². The molecule has 3 heteroatoms. The highest BCUT2D eigenvalue weighted by atomic mass is 15.2. The monoisotopic (exact) mass is 225 g/mol. The molecule has 1 unspecified atom stereocenters. The van der Waals surface area contributed by atoms with Crippen molar-refractivity contribution in [3.63, 3.8) is 0 Å². The predicted molar refractivity (Wildman–Crippen MR) is 68.8 cm³/mol. The Kier molecular flexibility index (Phi) is 5.07. The maximum atomic E-state index is 3.47. The zero-order chi connectivity index (χ0) is 11.2. The third kappa shape index (κ3) is 3.72. The molecule has 94 valence electrons. The lowest BCUT2D eigenvalue weighted by Crippen LogP contribution is -2.33. The van der Waals surface area contributed by atoms with Crippen LogP contribution in [0.2, 0.25) is 0 Å². The highest BCUT2D eigenvalue weighted by Crippen LogP contribution is 2.15. The zero-order valence-electron chi connectivity index (χ0n) is 10.7. The summed E-state index contributed by atoms with van der Waals surface area (Å²) in [5.41, 5.74) is 0. The maximum absolute atomic E-state index is 3.47. The highest BCUT2D eigenvalue weighted by Gasteiger charge is 2.22. The van der Waals surface area contributed by atoms with Gasteiger partial charge in [-0.3, -0.25) is 0 Å². The van der Waals surface area contributed by atoms with Gasteiger partial charge in [-0.1, -0.05) is 6.92 Å². The molecule has 2 aliphatic heterocycles. The molecule has 2 rings (SSSR count). The van der Waals surface area contributed by atoms with E-state index in [0.29, 0.717) is 0 Å². The van der Waals surface area contributed by atoms with E-state index >= 15 is 0 Å². The Morgan fingerprint density at radius 3 is 2.56 bits per heavy atom. The summed E-state index contributed by atoms with van der Waals surface area (Å²) in [5, 5.41) is 3.47. The van der Waals surface area contributed by atoms with Crippen LogP contribution in [0.25, 0.3) is 0 Å². The van der Waals surface area contributed by atoms with Crippen LogP contribution in [0.15, 0.2) is 0 Å². The van der Waals surface area contributed by atoms with Gasteiger partial charge in [-0.05, 0) is 57.9 Å². The molecule has 0 aliphatic carbocycles.